The number of nitrogens with zero attached hydrogens (tertiary/aromatic N) is 1. The number of hydrogen-bond donors (Lipinski definition) is 1. The zero-order valence-electron chi connectivity index (χ0n) is 10.9. The van der Waals surface area contributed by atoms with Gasteiger partial charge in [-0.05, 0) is 18.6 Å². The molecule has 0 aliphatic carbocycles. The molecule has 0 spiro atoms. The van der Waals surface area contributed by atoms with E-state index in [1.165, 1.54) is 0 Å². The third-order valence-electron chi connectivity index (χ3n) is 2.95. The van der Waals surface area contributed by atoms with E-state index in [-0.39, 0.29) is 5.91 Å². The molecule has 102 valence electrons. The smallest absolute Gasteiger partial charge is 0.264 e. The van der Waals surface area contributed by atoms with E-state index in [4.69, 9.17) is 4.84 Å². The van der Waals surface area contributed by atoms with Gasteiger partial charge in [-0.15, -0.1) is 0 Å². The minimum Gasteiger partial charge on any atom is -0.382 e. The number of halogens is 1. The van der Waals surface area contributed by atoms with Gasteiger partial charge in [0.2, 0.25) is 6.10 Å². The molecule has 0 bridgehead atoms. The van der Waals surface area contributed by atoms with Crippen LogP contribution in [0.15, 0.2) is 33.9 Å². The Balaban J connectivity index is 1.90. The largest absolute Gasteiger partial charge is 0.382 e. The van der Waals surface area contributed by atoms with Gasteiger partial charge in [0.1, 0.15) is 0 Å². The van der Waals surface area contributed by atoms with E-state index in [0.29, 0.717) is 13.0 Å². The molecular weight excluding hydrogens is 308 g/mol. The maximum absolute atomic E-state index is 11.8. The summed E-state index contributed by atoms with van der Waals surface area (Å²) < 4.78 is 0.989. The van der Waals surface area contributed by atoms with Gasteiger partial charge in [-0.3, -0.25) is 4.79 Å². The highest BCUT2D eigenvalue weighted by atomic mass is 79.9. The van der Waals surface area contributed by atoms with Gasteiger partial charge in [0.05, 0.1) is 5.71 Å². The molecule has 4 nitrogen and oxygen atoms in total. The van der Waals surface area contributed by atoms with Crippen molar-refractivity contribution in [3.8, 4) is 0 Å². The molecule has 19 heavy (non-hydrogen) atoms. The number of carbonyl (C=O) groups excluding carboxylic acids is 1. The molecule has 5 heteroatoms. The van der Waals surface area contributed by atoms with Gasteiger partial charge in [-0.25, -0.2) is 0 Å². The number of benzene rings is 1. The van der Waals surface area contributed by atoms with Crippen LogP contribution < -0.4 is 5.32 Å². The van der Waals surface area contributed by atoms with Crippen LogP contribution in [0.25, 0.3) is 0 Å². The average molecular weight is 325 g/mol. The topological polar surface area (TPSA) is 50.7 Å². The van der Waals surface area contributed by atoms with Crippen LogP contribution in [0.4, 0.5) is 0 Å². The lowest BCUT2D eigenvalue weighted by Gasteiger charge is -2.08. The lowest BCUT2D eigenvalue weighted by molar-refractivity contribution is -0.131. The van der Waals surface area contributed by atoms with Crippen molar-refractivity contribution < 1.29 is 9.63 Å². The molecule has 1 aliphatic rings. The molecule has 0 saturated carbocycles. The lowest BCUT2D eigenvalue weighted by Crippen LogP contribution is -2.35. The Labute approximate surface area is 121 Å². The molecule has 2 rings (SSSR count). The molecule has 1 N–H and O–H groups in total. The summed E-state index contributed by atoms with van der Waals surface area (Å²) in [6.45, 7) is 2.79. The maximum atomic E-state index is 11.8. The standard InChI is InChI=1S/C14H17BrN2O2/c1-2-3-7-16-14(18)13-9-12(17-19-13)10-5-4-6-11(15)8-10/h4-6,8,13H,2-3,7,9H2,1H3,(H,16,18). The number of hydrogen-bond acceptors (Lipinski definition) is 3. The Bertz CT molecular complexity index is 488. The fourth-order valence-electron chi connectivity index (χ4n) is 1.86. The van der Waals surface area contributed by atoms with Gasteiger partial charge in [0, 0.05) is 23.0 Å². The molecule has 0 aromatic heterocycles. The zero-order valence-corrected chi connectivity index (χ0v) is 12.4. The quantitative estimate of drug-likeness (QED) is 0.847. The monoisotopic (exact) mass is 324 g/mol. The average Bonchev–Trinajstić information content (AvgIpc) is 2.88. The van der Waals surface area contributed by atoms with Crippen molar-refractivity contribution in [2.45, 2.75) is 32.3 Å². The Hall–Kier alpha value is -1.36. The molecule has 0 radical (unpaired) electrons. The molecule has 1 atom stereocenters. The molecule has 1 heterocycles. The number of unbranched alkanes of at least 4 members (excludes halogenated alkanes) is 1. The van der Waals surface area contributed by atoms with Gasteiger partial charge in [0.15, 0.2) is 0 Å². The normalized spacial score (nSPS) is 17.8. The number of carbonyl (C=O) groups is 1. The zero-order chi connectivity index (χ0) is 13.7. The first-order chi connectivity index (χ1) is 9.20. The van der Waals surface area contributed by atoms with Crippen molar-refractivity contribution in [1.82, 2.24) is 5.32 Å². The van der Waals surface area contributed by atoms with E-state index in [0.717, 1.165) is 28.6 Å². The summed E-state index contributed by atoms with van der Waals surface area (Å²) in [7, 11) is 0. The number of nitrogens with one attached hydrogen (secondary N) is 1. The van der Waals surface area contributed by atoms with Gasteiger partial charge in [0.25, 0.3) is 5.91 Å². The van der Waals surface area contributed by atoms with E-state index in [9.17, 15) is 4.79 Å². The van der Waals surface area contributed by atoms with Gasteiger partial charge >= 0.3 is 0 Å². The summed E-state index contributed by atoms with van der Waals surface area (Å²) in [5.74, 6) is -0.0813. The second-order valence-electron chi connectivity index (χ2n) is 4.49. The Kier molecular flexibility index (Phi) is 4.96. The minimum atomic E-state index is -0.495. The van der Waals surface area contributed by atoms with Gasteiger partial charge in [-0.1, -0.05) is 46.6 Å². The molecule has 1 amide bonds. The van der Waals surface area contributed by atoms with E-state index in [1.54, 1.807) is 0 Å². The van der Waals surface area contributed by atoms with Crippen LogP contribution in [0.3, 0.4) is 0 Å². The van der Waals surface area contributed by atoms with Crippen molar-refractivity contribution >= 4 is 27.5 Å². The van der Waals surface area contributed by atoms with E-state index in [2.05, 4.69) is 33.3 Å². The van der Waals surface area contributed by atoms with Crippen LogP contribution in [0.5, 0.6) is 0 Å². The van der Waals surface area contributed by atoms with Crippen LogP contribution in [0, 0.1) is 0 Å². The highest BCUT2D eigenvalue weighted by Crippen LogP contribution is 2.19. The molecule has 1 aliphatic heterocycles. The van der Waals surface area contributed by atoms with Crippen LogP contribution >= 0.6 is 15.9 Å². The van der Waals surface area contributed by atoms with Gasteiger partial charge in [-0.2, -0.15) is 0 Å². The number of rotatable bonds is 5. The van der Waals surface area contributed by atoms with Crippen molar-refractivity contribution in [1.29, 1.82) is 0 Å². The first-order valence-electron chi connectivity index (χ1n) is 6.47. The highest BCUT2D eigenvalue weighted by molar-refractivity contribution is 9.10. The van der Waals surface area contributed by atoms with Crippen molar-refractivity contribution in [3.63, 3.8) is 0 Å². The van der Waals surface area contributed by atoms with Crippen LogP contribution in [0.2, 0.25) is 0 Å². The van der Waals surface area contributed by atoms with E-state index >= 15 is 0 Å². The fraction of sp³-hybridized carbons (Fsp3) is 0.429. The summed E-state index contributed by atoms with van der Waals surface area (Å²) in [4.78, 5) is 17.1. The second-order valence-corrected chi connectivity index (χ2v) is 5.41. The lowest BCUT2D eigenvalue weighted by atomic mass is 10.0. The molecule has 1 aromatic carbocycles. The third-order valence-corrected chi connectivity index (χ3v) is 3.44. The number of oxime groups is 1. The van der Waals surface area contributed by atoms with Crippen LogP contribution in [0.1, 0.15) is 31.7 Å². The van der Waals surface area contributed by atoms with E-state index in [1.807, 2.05) is 24.3 Å². The predicted octanol–water partition coefficient (Wildman–Crippen LogP) is 2.86. The maximum Gasteiger partial charge on any atom is 0.264 e. The van der Waals surface area contributed by atoms with Crippen molar-refractivity contribution in [2.24, 2.45) is 5.16 Å². The Morgan fingerprint density at radius 1 is 1.58 bits per heavy atom. The van der Waals surface area contributed by atoms with Crippen molar-refractivity contribution in [2.75, 3.05) is 6.54 Å². The van der Waals surface area contributed by atoms with Crippen LogP contribution in [-0.2, 0) is 9.63 Å². The summed E-state index contributed by atoms with van der Waals surface area (Å²) in [6, 6.07) is 7.83. The van der Waals surface area contributed by atoms with Crippen molar-refractivity contribution in [3.05, 3.63) is 34.3 Å². The first kappa shape index (κ1) is 14.1. The first-order valence-corrected chi connectivity index (χ1v) is 7.26. The SMILES string of the molecule is CCCCNC(=O)C1CC(c2cccc(Br)c2)=NO1. The summed E-state index contributed by atoms with van der Waals surface area (Å²) in [5, 5.41) is 6.88. The highest BCUT2D eigenvalue weighted by Gasteiger charge is 2.28. The summed E-state index contributed by atoms with van der Waals surface area (Å²) >= 11 is 3.42. The predicted molar refractivity (Wildman–Crippen MR) is 78.1 cm³/mol. The van der Waals surface area contributed by atoms with Gasteiger partial charge < -0.3 is 10.2 Å². The minimum absolute atomic E-state index is 0.0813. The summed E-state index contributed by atoms with van der Waals surface area (Å²) in [6.07, 6.45) is 2.07. The Morgan fingerprint density at radius 2 is 2.42 bits per heavy atom. The number of amides is 1. The molecule has 1 unspecified atom stereocenters. The molecular formula is C14H17BrN2O2. The molecule has 0 fully saturated rings. The second kappa shape index (κ2) is 6.70. The summed E-state index contributed by atoms with van der Waals surface area (Å²) in [5.41, 5.74) is 1.80. The molecule has 1 aromatic rings. The van der Waals surface area contributed by atoms with Crippen LogP contribution in [-0.4, -0.2) is 24.3 Å². The van der Waals surface area contributed by atoms with E-state index < -0.39 is 6.10 Å². The third kappa shape index (κ3) is 3.80. The molecule has 0 saturated heterocycles. The Morgan fingerprint density at radius 3 is 3.16 bits per heavy atom. The fourth-order valence-corrected chi connectivity index (χ4v) is 2.26.